The quantitative estimate of drug-likeness (QED) is 0.430. The Morgan fingerprint density at radius 3 is 2.47 bits per heavy atom. The summed E-state index contributed by atoms with van der Waals surface area (Å²) in [4.78, 5) is 19.4. The molecule has 4 N–H and O–H groups in total. The molecule has 90 valence electrons. The minimum atomic E-state index is -3.40. The van der Waals surface area contributed by atoms with E-state index in [4.69, 9.17) is 15.7 Å². The van der Waals surface area contributed by atoms with Crippen molar-refractivity contribution in [1.82, 2.24) is 0 Å². The Kier molecular flexibility index (Phi) is 4.99. The predicted octanol–water partition coefficient (Wildman–Crippen LogP) is -0.637. The number of rotatable bonds is 6. The van der Waals surface area contributed by atoms with Crippen LogP contribution in [0.2, 0.25) is 0 Å². The molecule has 6 nitrogen and oxygen atoms in total. The second-order valence-electron chi connectivity index (χ2n) is 3.58. The molecule has 0 aliphatic heterocycles. The predicted molar refractivity (Wildman–Crippen MR) is 61.0 cm³/mol. The van der Waals surface area contributed by atoms with Crippen LogP contribution in [0.1, 0.15) is 6.42 Å². The van der Waals surface area contributed by atoms with Gasteiger partial charge in [0.05, 0.1) is 5.49 Å². The van der Waals surface area contributed by atoms with Crippen molar-refractivity contribution in [2.45, 2.75) is 12.5 Å². The maximum atomic E-state index is 11.6. The normalized spacial score (nSPS) is 21.3. The third kappa shape index (κ3) is 7.56. The molecule has 0 saturated carbocycles. The molecule has 8 heteroatoms. The van der Waals surface area contributed by atoms with E-state index in [2.05, 4.69) is 5.87 Å². The largest absolute Gasteiger partial charge is 0.480 e. The third-order valence-electron chi connectivity index (χ3n) is 1.59. The van der Waals surface area contributed by atoms with Gasteiger partial charge in [-0.3, -0.25) is 13.6 Å². The summed E-state index contributed by atoms with van der Waals surface area (Å²) in [6.45, 7) is 1.09. The van der Waals surface area contributed by atoms with Crippen LogP contribution >= 0.6 is 7.37 Å². The number of aliphatic carboxylic acids is 1. The molecule has 2 unspecified atom stereocenters. The summed E-state index contributed by atoms with van der Waals surface area (Å²) in [6.07, 6.45) is -0.0162. The van der Waals surface area contributed by atoms with E-state index in [1.54, 1.807) is 0 Å². The van der Waals surface area contributed by atoms with Crippen LogP contribution in [0.25, 0.3) is 0 Å². The van der Waals surface area contributed by atoms with Crippen LogP contribution in [0.5, 0.6) is 0 Å². The van der Waals surface area contributed by atoms with Crippen LogP contribution < -0.4 is 5.73 Å². The van der Waals surface area contributed by atoms with Crippen LogP contribution in [-0.2, 0) is 18.9 Å². The van der Waals surface area contributed by atoms with Gasteiger partial charge in [0, 0.05) is 12.4 Å². The van der Waals surface area contributed by atoms with E-state index in [0.717, 1.165) is 6.66 Å². The highest BCUT2D eigenvalue weighted by molar-refractivity contribution is 8.05. The van der Waals surface area contributed by atoms with Crippen LogP contribution in [0.15, 0.2) is 0 Å². The highest BCUT2D eigenvalue weighted by Crippen LogP contribution is 2.36. The zero-order chi connectivity index (χ0) is 12.3. The van der Waals surface area contributed by atoms with Gasteiger partial charge in [-0.25, -0.2) is 0 Å². The van der Waals surface area contributed by atoms with Gasteiger partial charge in [-0.15, -0.1) is 0 Å². The number of hydrogen-bond donors (Lipinski definition) is 3. The highest BCUT2D eigenvalue weighted by Gasteiger charge is 2.20. The zero-order valence-corrected chi connectivity index (χ0v) is 10.2. The molecule has 15 heavy (non-hydrogen) atoms. The number of hydrogen-bond acceptors (Lipinski definition) is 4. The number of carbonyl (C=O) groups is 1. The summed E-state index contributed by atoms with van der Waals surface area (Å²) in [7, 11) is -6.12. The lowest BCUT2D eigenvalue weighted by molar-refractivity contribution is -0.138. The zero-order valence-electron chi connectivity index (χ0n) is 8.46. The summed E-state index contributed by atoms with van der Waals surface area (Å²) in [5, 5.41) is 8.47. The van der Waals surface area contributed by atoms with Gasteiger partial charge in [0.2, 0.25) is 7.37 Å². The molecule has 0 aromatic heterocycles. The number of nitrogens with two attached hydrogens (primary N) is 1. The Bertz CT molecular complexity index is 371. The number of carboxylic acid groups (broad SMARTS) is 1. The average molecular weight is 257 g/mol. The Labute approximate surface area is 88.9 Å². The van der Waals surface area contributed by atoms with E-state index >= 15 is 0 Å². The molecule has 0 rings (SSSR count). The summed E-state index contributed by atoms with van der Waals surface area (Å²) >= 11 is 0. The van der Waals surface area contributed by atoms with Crippen molar-refractivity contribution in [3.8, 4) is 0 Å². The van der Waals surface area contributed by atoms with E-state index in [0.29, 0.717) is 0 Å². The fourth-order valence-corrected chi connectivity index (χ4v) is 5.66. The molecule has 0 heterocycles. The number of carboxylic acids is 1. The van der Waals surface area contributed by atoms with E-state index in [1.165, 1.54) is 0 Å². The Balaban J connectivity index is 4.30. The first-order valence-electron chi connectivity index (χ1n) is 4.14. The molecule has 0 saturated heterocycles. The van der Waals surface area contributed by atoms with Crippen molar-refractivity contribution in [1.29, 1.82) is 0 Å². The lowest BCUT2D eigenvalue weighted by Crippen LogP contribution is -2.32. The van der Waals surface area contributed by atoms with Crippen molar-refractivity contribution >= 4 is 28.7 Å². The Morgan fingerprint density at radius 1 is 1.67 bits per heavy atom. The van der Waals surface area contributed by atoms with E-state index < -0.39 is 34.4 Å². The van der Waals surface area contributed by atoms with E-state index in [9.17, 15) is 13.6 Å². The van der Waals surface area contributed by atoms with Gasteiger partial charge in [0.15, 0.2) is 0 Å². The monoisotopic (exact) mass is 257 g/mol. The smallest absolute Gasteiger partial charge is 0.320 e. The minimum Gasteiger partial charge on any atom is -0.480 e. The van der Waals surface area contributed by atoms with Crippen molar-refractivity contribution in [2.24, 2.45) is 5.73 Å². The molecule has 0 aromatic carbocycles. The van der Waals surface area contributed by atoms with Gasteiger partial charge in [-0.1, -0.05) is 0 Å². The fraction of sp³-hybridized carbons (Fsp3) is 0.714. The van der Waals surface area contributed by atoms with E-state index in [-0.39, 0.29) is 12.2 Å². The van der Waals surface area contributed by atoms with Gasteiger partial charge in [0.25, 0.3) is 0 Å². The molecule has 3 atom stereocenters. The Hall–Kier alpha value is -0.360. The average Bonchev–Trinajstić information content (AvgIpc) is 1.95. The standard InChI is InChI=1S/C7H16NO5PS/c1-14(11,12)5-15(2,13)4-3-6(8)7(9)10/h6H,2-5,8H2,1H3,(H,9,10)(H,11,12)/t6-,15?/m0/s1. The minimum absolute atomic E-state index is 0.0162. The molecular formula is C7H16NO5PS. The van der Waals surface area contributed by atoms with Gasteiger partial charge in [0.1, 0.15) is 6.04 Å². The summed E-state index contributed by atoms with van der Waals surface area (Å²) in [6, 6.07) is -1.11. The molecule has 0 radical (unpaired) electrons. The van der Waals surface area contributed by atoms with Crippen molar-refractivity contribution in [3.63, 3.8) is 0 Å². The lowest BCUT2D eigenvalue weighted by Gasteiger charge is -2.12. The van der Waals surface area contributed by atoms with Crippen molar-refractivity contribution in [2.75, 3.05) is 17.9 Å². The first-order valence-corrected chi connectivity index (χ1v) is 8.49. The van der Waals surface area contributed by atoms with Gasteiger partial charge < -0.3 is 15.7 Å². The lowest BCUT2D eigenvalue weighted by atomic mass is 10.2. The maximum Gasteiger partial charge on any atom is 0.320 e. The van der Waals surface area contributed by atoms with Crippen molar-refractivity contribution < 1.29 is 23.6 Å². The van der Waals surface area contributed by atoms with Gasteiger partial charge in [-0.2, -0.15) is 0 Å². The molecule has 0 fully saturated rings. The first-order chi connectivity index (χ1) is 6.53. The second kappa shape index (κ2) is 5.12. The van der Waals surface area contributed by atoms with Crippen LogP contribution in [0.4, 0.5) is 0 Å². The van der Waals surface area contributed by atoms with E-state index in [1.807, 2.05) is 0 Å². The molecule has 0 spiro atoms. The second-order valence-corrected chi connectivity index (χ2v) is 9.06. The van der Waals surface area contributed by atoms with Crippen molar-refractivity contribution in [3.05, 3.63) is 0 Å². The Morgan fingerprint density at radius 2 is 2.13 bits per heavy atom. The summed E-state index contributed by atoms with van der Waals surface area (Å²) in [5.41, 5.74) is 4.81. The molecule has 0 aromatic rings. The summed E-state index contributed by atoms with van der Waals surface area (Å²) < 4.78 is 22.6. The molecule has 0 aliphatic rings. The molecule has 0 aliphatic carbocycles. The highest BCUT2D eigenvalue weighted by atomic mass is 32.2. The topological polar surface area (TPSA) is 118 Å². The molecule has 0 bridgehead atoms. The summed E-state index contributed by atoms with van der Waals surface area (Å²) in [5.74, 6) is 2.09. The molecular weight excluding hydrogens is 241 g/mol. The third-order valence-corrected chi connectivity index (χ3v) is 6.37. The van der Waals surface area contributed by atoms with Gasteiger partial charge >= 0.3 is 5.97 Å². The van der Waals surface area contributed by atoms with Crippen LogP contribution in [-0.4, -0.2) is 50.0 Å². The van der Waals surface area contributed by atoms with Crippen LogP contribution in [0.3, 0.4) is 0 Å². The molecule has 0 amide bonds. The SMILES string of the molecule is C=S(=O)(CC[C@H](N)C(=O)O)CP(C)(=O)O. The van der Waals surface area contributed by atoms with Crippen LogP contribution in [0, 0.1) is 0 Å². The fourth-order valence-electron chi connectivity index (χ4n) is 0.966. The van der Waals surface area contributed by atoms with Gasteiger partial charge in [-0.05, 0) is 21.8 Å². The first kappa shape index (κ1) is 14.6. The maximum absolute atomic E-state index is 11.6.